The molecule has 156 valence electrons. The number of rotatable bonds is 5. The minimum Gasteiger partial charge on any atom is -0.348 e. The molecule has 0 radical (unpaired) electrons. The molecule has 2 aromatic carbocycles. The zero-order valence-electron chi connectivity index (χ0n) is 17.2. The van der Waals surface area contributed by atoms with Crippen LogP contribution in [-0.2, 0) is 6.54 Å². The number of urea groups is 1. The van der Waals surface area contributed by atoms with Crippen molar-refractivity contribution < 1.29 is 9.59 Å². The van der Waals surface area contributed by atoms with Crippen molar-refractivity contribution in [3.63, 3.8) is 0 Å². The summed E-state index contributed by atoms with van der Waals surface area (Å²) < 4.78 is 0. The molecule has 0 aliphatic rings. The van der Waals surface area contributed by atoms with Crippen molar-refractivity contribution >= 4 is 34.5 Å². The van der Waals surface area contributed by atoms with Crippen LogP contribution in [0.1, 0.15) is 21.5 Å². The molecule has 0 fully saturated rings. The van der Waals surface area contributed by atoms with Gasteiger partial charge < -0.3 is 15.6 Å². The summed E-state index contributed by atoms with van der Waals surface area (Å²) in [5.41, 5.74) is 3.53. The Labute approximate surface area is 179 Å². The van der Waals surface area contributed by atoms with E-state index in [-0.39, 0.29) is 11.9 Å². The van der Waals surface area contributed by atoms with Gasteiger partial charge in [0.05, 0.1) is 5.39 Å². The number of nitrogens with one attached hydrogen (secondary N) is 3. The molecule has 3 amide bonds. The fourth-order valence-corrected chi connectivity index (χ4v) is 3.20. The highest BCUT2D eigenvalue weighted by molar-refractivity contribution is 6.06. The van der Waals surface area contributed by atoms with Crippen LogP contribution in [0.4, 0.5) is 16.3 Å². The van der Waals surface area contributed by atoms with Crippen LogP contribution in [0.5, 0.6) is 0 Å². The summed E-state index contributed by atoms with van der Waals surface area (Å²) in [7, 11) is 1.63. The largest absolute Gasteiger partial charge is 0.348 e. The Morgan fingerprint density at radius 3 is 2.68 bits per heavy atom. The van der Waals surface area contributed by atoms with E-state index in [1.807, 2.05) is 49.4 Å². The van der Waals surface area contributed by atoms with Gasteiger partial charge >= 0.3 is 6.03 Å². The normalized spacial score (nSPS) is 10.6. The van der Waals surface area contributed by atoms with Crippen LogP contribution in [0, 0.1) is 6.92 Å². The monoisotopic (exact) mass is 414 g/mol. The predicted octanol–water partition coefficient (Wildman–Crippen LogP) is 3.86. The van der Waals surface area contributed by atoms with E-state index in [0.717, 1.165) is 16.5 Å². The van der Waals surface area contributed by atoms with E-state index in [4.69, 9.17) is 0 Å². The molecule has 0 atom stereocenters. The SMILES string of the molecule is Cc1ccc(C(=O)NCc2ccccc2)cc1NC(=O)N(C)c1ncnc2[nH]ccc12. The summed E-state index contributed by atoms with van der Waals surface area (Å²) in [5.74, 6) is 0.274. The van der Waals surface area contributed by atoms with Gasteiger partial charge in [-0.25, -0.2) is 14.8 Å². The van der Waals surface area contributed by atoms with Gasteiger partial charge in [0.15, 0.2) is 0 Å². The molecule has 0 aliphatic carbocycles. The Morgan fingerprint density at radius 1 is 1.06 bits per heavy atom. The Morgan fingerprint density at radius 2 is 1.87 bits per heavy atom. The minimum absolute atomic E-state index is 0.211. The van der Waals surface area contributed by atoms with Crippen LogP contribution in [0.25, 0.3) is 11.0 Å². The second kappa shape index (κ2) is 8.66. The van der Waals surface area contributed by atoms with Crippen molar-refractivity contribution in [1.29, 1.82) is 0 Å². The van der Waals surface area contributed by atoms with Crippen molar-refractivity contribution in [1.82, 2.24) is 20.3 Å². The van der Waals surface area contributed by atoms with Gasteiger partial charge in [-0.15, -0.1) is 0 Å². The fraction of sp³-hybridized carbons (Fsp3) is 0.130. The molecule has 0 unspecified atom stereocenters. The molecule has 4 rings (SSSR count). The third-order valence-corrected chi connectivity index (χ3v) is 4.99. The first kappa shape index (κ1) is 20.1. The average Bonchev–Trinajstić information content (AvgIpc) is 3.28. The number of anilines is 2. The number of aryl methyl sites for hydroxylation is 1. The minimum atomic E-state index is -0.369. The number of hydrogen-bond acceptors (Lipinski definition) is 4. The number of benzene rings is 2. The summed E-state index contributed by atoms with van der Waals surface area (Å²) in [4.78, 5) is 38.2. The second-order valence-corrected chi connectivity index (χ2v) is 7.12. The van der Waals surface area contributed by atoms with Gasteiger partial charge in [0.1, 0.15) is 17.8 Å². The van der Waals surface area contributed by atoms with E-state index < -0.39 is 0 Å². The molecule has 0 aliphatic heterocycles. The maximum absolute atomic E-state index is 12.9. The maximum atomic E-state index is 12.9. The quantitative estimate of drug-likeness (QED) is 0.461. The third kappa shape index (κ3) is 4.37. The number of aromatic amines is 1. The molecule has 8 nitrogen and oxygen atoms in total. The number of nitrogens with zero attached hydrogens (tertiary/aromatic N) is 3. The van der Waals surface area contributed by atoms with Gasteiger partial charge in [-0.2, -0.15) is 0 Å². The molecule has 2 aromatic heterocycles. The van der Waals surface area contributed by atoms with Crippen molar-refractivity contribution in [3.8, 4) is 0 Å². The summed E-state index contributed by atoms with van der Waals surface area (Å²) in [5, 5.41) is 6.51. The summed E-state index contributed by atoms with van der Waals surface area (Å²) in [6.07, 6.45) is 3.15. The van der Waals surface area contributed by atoms with Crippen LogP contribution in [0.2, 0.25) is 0 Å². The van der Waals surface area contributed by atoms with E-state index in [1.54, 1.807) is 25.4 Å². The second-order valence-electron chi connectivity index (χ2n) is 7.12. The Hall–Kier alpha value is -4.20. The zero-order valence-corrected chi connectivity index (χ0v) is 17.2. The zero-order chi connectivity index (χ0) is 21.8. The van der Waals surface area contributed by atoms with Gasteiger partial charge in [-0.3, -0.25) is 9.69 Å². The number of H-pyrrole nitrogens is 1. The number of fused-ring (bicyclic) bond motifs is 1. The molecule has 4 aromatic rings. The van der Waals surface area contributed by atoms with E-state index in [9.17, 15) is 9.59 Å². The lowest BCUT2D eigenvalue weighted by Crippen LogP contribution is -2.32. The lowest BCUT2D eigenvalue weighted by atomic mass is 10.1. The number of carbonyl (C=O) groups excluding carboxylic acids is 2. The Balaban J connectivity index is 1.48. The molecule has 8 heteroatoms. The number of amides is 3. The van der Waals surface area contributed by atoms with Crippen molar-refractivity contribution in [3.05, 3.63) is 83.8 Å². The van der Waals surface area contributed by atoms with Crippen molar-refractivity contribution in [2.24, 2.45) is 0 Å². The van der Waals surface area contributed by atoms with Gasteiger partial charge in [-0.1, -0.05) is 36.4 Å². The highest BCUT2D eigenvalue weighted by Gasteiger charge is 2.17. The van der Waals surface area contributed by atoms with E-state index in [0.29, 0.717) is 29.3 Å². The van der Waals surface area contributed by atoms with Crippen molar-refractivity contribution in [2.45, 2.75) is 13.5 Å². The van der Waals surface area contributed by atoms with Gasteiger partial charge in [0.2, 0.25) is 0 Å². The molecule has 0 saturated heterocycles. The lowest BCUT2D eigenvalue weighted by Gasteiger charge is -2.19. The maximum Gasteiger partial charge on any atom is 0.327 e. The molecular weight excluding hydrogens is 392 g/mol. The van der Waals surface area contributed by atoms with Gasteiger partial charge in [0.25, 0.3) is 5.91 Å². The van der Waals surface area contributed by atoms with Crippen LogP contribution in [-0.4, -0.2) is 33.9 Å². The summed E-state index contributed by atoms with van der Waals surface area (Å²) >= 11 is 0. The first-order valence-electron chi connectivity index (χ1n) is 9.78. The molecule has 0 spiro atoms. The standard InChI is InChI=1S/C23H22N6O2/c1-15-8-9-17(22(30)25-13-16-6-4-3-5-7-16)12-19(15)28-23(31)29(2)21-18-10-11-24-20(18)26-14-27-21/h3-12,14H,13H2,1-2H3,(H,25,30)(H,28,31)(H,24,26,27). The summed E-state index contributed by atoms with van der Waals surface area (Å²) in [6.45, 7) is 2.30. The molecular formula is C23H22N6O2. The molecule has 3 N–H and O–H groups in total. The van der Waals surface area contributed by atoms with E-state index in [1.165, 1.54) is 11.2 Å². The predicted molar refractivity (Wildman–Crippen MR) is 120 cm³/mol. The van der Waals surface area contributed by atoms with Crippen LogP contribution < -0.4 is 15.5 Å². The first-order valence-corrected chi connectivity index (χ1v) is 9.78. The van der Waals surface area contributed by atoms with Crippen LogP contribution in [0.15, 0.2) is 67.1 Å². The molecule has 2 heterocycles. The molecule has 0 bridgehead atoms. The van der Waals surface area contributed by atoms with Gasteiger partial charge in [0, 0.05) is 31.0 Å². The highest BCUT2D eigenvalue weighted by atomic mass is 16.2. The summed E-state index contributed by atoms with van der Waals surface area (Å²) in [6, 6.07) is 16.4. The van der Waals surface area contributed by atoms with Crippen LogP contribution in [0.3, 0.4) is 0 Å². The molecule has 31 heavy (non-hydrogen) atoms. The van der Waals surface area contributed by atoms with E-state index in [2.05, 4.69) is 25.6 Å². The number of carbonyl (C=O) groups is 2. The Kier molecular flexibility index (Phi) is 5.61. The smallest absolute Gasteiger partial charge is 0.327 e. The Bertz CT molecular complexity index is 1240. The number of hydrogen-bond donors (Lipinski definition) is 3. The fourth-order valence-electron chi connectivity index (χ4n) is 3.20. The average molecular weight is 414 g/mol. The number of aromatic nitrogens is 3. The lowest BCUT2D eigenvalue weighted by molar-refractivity contribution is 0.0951. The third-order valence-electron chi connectivity index (χ3n) is 4.99. The first-order chi connectivity index (χ1) is 15.0. The van der Waals surface area contributed by atoms with Gasteiger partial charge in [-0.05, 0) is 36.2 Å². The molecule has 0 saturated carbocycles. The van der Waals surface area contributed by atoms with E-state index >= 15 is 0 Å². The highest BCUT2D eigenvalue weighted by Crippen LogP contribution is 2.23. The van der Waals surface area contributed by atoms with Crippen LogP contribution >= 0.6 is 0 Å². The topological polar surface area (TPSA) is 103 Å². The van der Waals surface area contributed by atoms with Crippen molar-refractivity contribution in [2.75, 3.05) is 17.3 Å².